The van der Waals surface area contributed by atoms with Crippen LogP contribution in [0.3, 0.4) is 0 Å². The number of carboxylic acids is 1. The zero-order valence-electron chi connectivity index (χ0n) is 17.1. The third-order valence-electron chi connectivity index (χ3n) is 4.11. The molecule has 0 aromatic heterocycles. The van der Waals surface area contributed by atoms with E-state index in [9.17, 15) is 4.79 Å². The summed E-state index contributed by atoms with van der Waals surface area (Å²) in [4.78, 5) is 11.0. The Labute approximate surface area is 153 Å². The third kappa shape index (κ3) is 6.56. The lowest BCUT2D eigenvalue weighted by Gasteiger charge is -2.30. The molecule has 0 heterocycles. The Bertz CT molecular complexity index is 601. The lowest BCUT2D eigenvalue weighted by atomic mass is 9.78. The maximum atomic E-state index is 11.0. The molecule has 0 saturated heterocycles. The molecule has 1 aromatic rings. The minimum absolute atomic E-state index is 0.0838. The van der Waals surface area contributed by atoms with Gasteiger partial charge in [0.1, 0.15) is 12.4 Å². The highest BCUT2D eigenvalue weighted by molar-refractivity contribution is 5.67. The van der Waals surface area contributed by atoms with Crippen LogP contribution >= 0.6 is 0 Å². The molecule has 0 aliphatic heterocycles. The van der Waals surface area contributed by atoms with E-state index in [2.05, 4.69) is 73.6 Å². The summed E-state index contributed by atoms with van der Waals surface area (Å²) in [6.45, 7) is 17.7. The number of carboxylic acid groups (broad SMARTS) is 1. The van der Waals surface area contributed by atoms with Gasteiger partial charge >= 0.3 is 5.97 Å². The second-order valence-electron chi connectivity index (χ2n) is 9.01. The van der Waals surface area contributed by atoms with Crippen LogP contribution in [-0.2, 0) is 22.0 Å². The van der Waals surface area contributed by atoms with Crippen LogP contribution < -0.4 is 4.74 Å². The molecule has 140 valence electrons. The Morgan fingerprint density at radius 1 is 1.04 bits per heavy atom. The predicted octanol–water partition coefficient (Wildman–Crippen LogP) is 5.64. The topological polar surface area (TPSA) is 46.5 Å². The van der Waals surface area contributed by atoms with Crippen LogP contribution in [0.1, 0.15) is 78.5 Å². The maximum Gasteiger partial charge on any atom is 0.303 e. The standard InChI is InChI=1S/C22H34O3/c1-15(2)11-12-25-20-17(21(3,4)5)13-16(9-10-19(23)24)14-18(20)22(6,7)8/h11,13-14H,9-10,12H2,1-8H3,(H,23,24). The number of ether oxygens (including phenoxy) is 1. The van der Waals surface area contributed by atoms with E-state index in [0.29, 0.717) is 13.0 Å². The zero-order chi connectivity index (χ0) is 19.4. The number of aryl methyl sites for hydroxylation is 1. The van der Waals surface area contributed by atoms with Gasteiger partial charge < -0.3 is 9.84 Å². The molecule has 25 heavy (non-hydrogen) atoms. The van der Waals surface area contributed by atoms with Crippen LogP contribution in [0.2, 0.25) is 0 Å². The van der Waals surface area contributed by atoms with Gasteiger partial charge in [0.15, 0.2) is 0 Å². The van der Waals surface area contributed by atoms with E-state index >= 15 is 0 Å². The largest absolute Gasteiger partial charge is 0.489 e. The van der Waals surface area contributed by atoms with E-state index in [1.807, 2.05) is 0 Å². The van der Waals surface area contributed by atoms with Crippen molar-refractivity contribution in [2.75, 3.05) is 6.61 Å². The minimum Gasteiger partial charge on any atom is -0.489 e. The summed E-state index contributed by atoms with van der Waals surface area (Å²) in [6, 6.07) is 4.24. The van der Waals surface area contributed by atoms with Gasteiger partial charge in [0.2, 0.25) is 0 Å². The molecule has 3 nitrogen and oxygen atoms in total. The van der Waals surface area contributed by atoms with Crippen molar-refractivity contribution in [2.24, 2.45) is 0 Å². The second kappa shape index (κ2) is 8.07. The van der Waals surface area contributed by atoms with Gasteiger partial charge in [-0.25, -0.2) is 0 Å². The highest BCUT2D eigenvalue weighted by atomic mass is 16.5. The fourth-order valence-corrected chi connectivity index (χ4v) is 2.65. The average Bonchev–Trinajstić information content (AvgIpc) is 2.42. The molecule has 1 rings (SSSR count). The molecular weight excluding hydrogens is 312 g/mol. The van der Waals surface area contributed by atoms with Gasteiger partial charge in [-0.15, -0.1) is 0 Å². The highest BCUT2D eigenvalue weighted by Crippen LogP contribution is 2.41. The summed E-state index contributed by atoms with van der Waals surface area (Å²) in [5.74, 6) is 0.176. The monoisotopic (exact) mass is 346 g/mol. The number of allylic oxidation sites excluding steroid dienone is 1. The predicted molar refractivity (Wildman–Crippen MR) is 105 cm³/mol. The Morgan fingerprint density at radius 3 is 1.88 bits per heavy atom. The summed E-state index contributed by atoms with van der Waals surface area (Å²) < 4.78 is 6.22. The summed E-state index contributed by atoms with van der Waals surface area (Å²) in [5, 5.41) is 9.02. The molecule has 3 heteroatoms. The molecular formula is C22H34O3. The summed E-state index contributed by atoms with van der Waals surface area (Å²) in [6.07, 6.45) is 2.76. The van der Waals surface area contributed by atoms with Gasteiger partial charge in [-0.05, 0) is 42.7 Å². The Morgan fingerprint density at radius 2 is 1.52 bits per heavy atom. The first-order valence-electron chi connectivity index (χ1n) is 8.98. The number of rotatable bonds is 6. The van der Waals surface area contributed by atoms with Crippen molar-refractivity contribution in [3.63, 3.8) is 0 Å². The summed E-state index contributed by atoms with van der Waals surface area (Å²) >= 11 is 0. The van der Waals surface area contributed by atoms with Crippen LogP contribution in [-0.4, -0.2) is 17.7 Å². The smallest absolute Gasteiger partial charge is 0.303 e. The number of hydrogen-bond donors (Lipinski definition) is 1. The maximum absolute atomic E-state index is 11.0. The molecule has 1 N–H and O–H groups in total. The van der Waals surface area contributed by atoms with Gasteiger partial charge in [0, 0.05) is 17.5 Å². The number of hydrogen-bond acceptors (Lipinski definition) is 2. The van der Waals surface area contributed by atoms with E-state index < -0.39 is 5.97 Å². The van der Waals surface area contributed by atoms with Crippen LogP contribution in [0.25, 0.3) is 0 Å². The van der Waals surface area contributed by atoms with Crippen molar-refractivity contribution in [1.29, 1.82) is 0 Å². The van der Waals surface area contributed by atoms with Gasteiger partial charge in [-0.1, -0.05) is 59.2 Å². The molecule has 0 radical (unpaired) electrons. The van der Waals surface area contributed by atoms with Crippen LogP contribution in [0.15, 0.2) is 23.8 Å². The van der Waals surface area contributed by atoms with Crippen molar-refractivity contribution < 1.29 is 14.6 Å². The van der Waals surface area contributed by atoms with Crippen LogP contribution in [0.5, 0.6) is 5.75 Å². The van der Waals surface area contributed by atoms with Crippen LogP contribution in [0.4, 0.5) is 0 Å². The molecule has 0 amide bonds. The van der Waals surface area contributed by atoms with Crippen molar-refractivity contribution in [2.45, 2.75) is 79.1 Å². The Kier molecular flexibility index (Phi) is 6.87. The van der Waals surface area contributed by atoms with Gasteiger partial charge in [0.25, 0.3) is 0 Å². The molecule has 0 atom stereocenters. The van der Waals surface area contributed by atoms with Crippen molar-refractivity contribution in [3.8, 4) is 5.75 Å². The lowest BCUT2D eigenvalue weighted by Crippen LogP contribution is -2.20. The molecule has 0 unspecified atom stereocenters. The van der Waals surface area contributed by atoms with Gasteiger partial charge in [-0.2, -0.15) is 0 Å². The summed E-state index contributed by atoms with van der Waals surface area (Å²) in [7, 11) is 0. The molecule has 0 aliphatic rings. The Hall–Kier alpha value is -1.77. The zero-order valence-corrected chi connectivity index (χ0v) is 17.1. The Balaban J connectivity index is 3.47. The second-order valence-corrected chi connectivity index (χ2v) is 9.01. The number of carbonyl (C=O) groups is 1. The first-order valence-corrected chi connectivity index (χ1v) is 8.98. The molecule has 1 aromatic carbocycles. The fraction of sp³-hybridized carbons (Fsp3) is 0.591. The number of benzene rings is 1. The molecule has 0 saturated carbocycles. The highest BCUT2D eigenvalue weighted by Gasteiger charge is 2.27. The minimum atomic E-state index is -0.765. The lowest BCUT2D eigenvalue weighted by molar-refractivity contribution is -0.136. The van der Waals surface area contributed by atoms with Gasteiger partial charge in [-0.3, -0.25) is 4.79 Å². The first-order chi connectivity index (χ1) is 11.3. The molecule has 0 spiro atoms. The van der Waals surface area contributed by atoms with E-state index in [1.54, 1.807) is 0 Å². The molecule has 0 fully saturated rings. The van der Waals surface area contributed by atoms with Crippen LogP contribution in [0, 0.1) is 0 Å². The van der Waals surface area contributed by atoms with Crippen molar-refractivity contribution in [1.82, 2.24) is 0 Å². The first kappa shape index (κ1) is 21.3. The molecule has 0 aliphatic carbocycles. The molecule has 0 bridgehead atoms. The fourth-order valence-electron chi connectivity index (χ4n) is 2.65. The van der Waals surface area contributed by atoms with E-state index in [0.717, 1.165) is 22.4 Å². The number of aliphatic carboxylic acids is 1. The quantitative estimate of drug-likeness (QED) is 0.678. The van der Waals surface area contributed by atoms with Crippen molar-refractivity contribution in [3.05, 3.63) is 40.5 Å². The SMILES string of the molecule is CC(C)=CCOc1c(C(C)(C)C)cc(CCC(=O)O)cc1C(C)(C)C. The van der Waals surface area contributed by atoms with Crippen molar-refractivity contribution >= 4 is 5.97 Å². The third-order valence-corrected chi connectivity index (χ3v) is 4.11. The van der Waals surface area contributed by atoms with E-state index in [-0.39, 0.29) is 17.3 Å². The van der Waals surface area contributed by atoms with E-state index in [1.165, 1.54) is 5.57 Å². The van der Waals surface area contributed by atoms with Gasteiger partial charge in [0.05, 0.1) is 0 Å². The summed E-state index contributed by atoms with van der Waals surface area (Å²) in [5.41, 5.74) is 4.41. The van der Waals surface area contributed by atoms with E-state index in [4.69, 9.17) is 9.84 Å². The average molecular weight is 347 g/mol. The normalized spacial score (nSPS) is 12.0.